The van der Waals surface area contributed by atoms with Gasteiger partial charge in [-0.05, 0) is 38.0 Å². The Bertz CT molecular complexity index is 126. The zero-order valence-corrected chi connectivity index (χ0v) is 7.53. The van der Waals surface area contributed by atoms with Crippen LogP contribution in [0, 0.1) is 5.41 Å². The first-order valence-electron chi connectivity index (χ1n) is 5.04. The molecule has 1 saturated heterocycles. The van der Waals surface area contributed by atoms with Crippen LogP contribution in [0.15, 0.2) is 0 Å². The third-order valence-electron chi connectivity index (χ3n) is 3.60. The maximum Gasteiger partial charge on any atom is 0.00391 e. The zero-order valence-electron chi connectivity index (χ0n) is 7.53. The van der Waals surface area contributed by atoms with E-state index in [0.29, 0.717) is 0 Å². The molecule has 11 heavy (non-hydrogen) atoms. The molecule has 0 radical (unpaired) electrons. The fourth-order valence-electron chi connectivity index (χ4n) is 2.66. The third kappa shape index (κ3) is 1.44. The average Bonchev–Trinajstić information content (AvgIpc) is 2.45. The van der Waals surface area contributed by atoms with Gasteiger partial charge >= 0.3 is 0 Å². The van der Waals surface area contributed by atoms with E-state index in [-0.39, 0.29) is 0 Å². The van der Waals surface area contributed by atoms with Gasteiger partial charge in [-0.1, -0.05) is 12.8 Å². The van der Waals surface area contributed by atoms with Crippen LogP contribution in [0.25, 0.3) is 0 Å². The zero-order chi connectivity index (χ0) is 7.73. The van der Waals surface area contributed by atoms with E-state index in [9.17, 15) is 0 Å². The molecule has 1 N–H and O–H groups in total. The summed E-state index contributed by atoms with van der Waals surface area (Å²) in [6, 6.07) is 0.779. The fraction of sp³-hybridized carbons (Fsp3) is 1.00. The highest BCUT2D eigenvalue weighted by Gasteiger charge is 2.36. The molecule has 1 unspecified atom stereocenters. The number of nitrogens with one attached hydrogen (secondary N) is 1. The highest BCUT2D eigenvalue weighted by atomic mass is 14.9. The van der Waals surface area contributed by atoms with Crippen LogP contribution in [0.5, 0.6) is 0 Å². The second-order valence-electron chi connectivity index (χ2n) is 4.53. The maximum atomic E-state index is 3.61. The van der Waals surface area contributed by atoms with Crippen LogP contribution in [0.2, 0.25) is 0 Å². The predicted octanol–water partition coefficient (Wildman–Crippen LogP) is 2.32. The van der Waals surface area contributed by atoms with Crippen LogP contribution in [-0.4, -0.2) is 12.6 Å². The van der Waals surface area contributed by atoms with E-state index >= 15 is 0 Å². The lowest BCUT2D eigenvalue weighted by atomic mass is 9.78. The smallest absolute Gasteiger partial charge is 0.00391 e. The molecule has 1 aliphatic heterocycles. The summed E-state index contributed by atoms with van der Waals surface area (Å²) in [7, 11) is 0. The summed E-state index contributed by atoms with van der Waals surface area (Å²) in [5.74, 6) is 0. The highest BCUT2D eigenvalue weighted by Crippen LogP contribution is 2.43. The first kappa shape index (κ1) is 7.60. The van der Waals surface area contributed by atoms with Gasteiger partial charge < -0.3 is 5.32 Å². The average molecular weight is 153 g/mol. The van der Waals surface area contributed by atoms with Crippen molar-refractivity contribution in [1.82, 2.24) is 5.32 Å². The molecule has 2 rings (SSSR count). The van der Waals surface area contributed by atoms with Gasteiger partial charge in [0.2, 0.25) is 0 Å². The van der Waals surface area contributed by atoms with Gasteiger partial charge in [-0.15, -0.1) is 0 Å². The van der Waals surface area contributed by atoms with E-state index < -0.39 is 0 Å². The summed E-state index contributed by atoms with van der Waals surface area (Å²) in [5.41, 5.74) is 0.743. The van der Waals surface area contributed by atoms with Crippen molar-refractivity contribution in [2.24, 2.45) is 5.41 Å². The molecule has 1 atom stereocenters. The van der Waals surface area contributed by atoms with E-state index in [4.69, 9.17) is 0 Å². The lowest BCUT2D eigenvalue weighted by Crippen LogP contribution is -2.43. The van der Waals surface area contributed by atoms with E-state index in [1.807, 2.05) is 0 Å². The Morgan fingerprint density at radius 3 is 2.45 bits per heavy atom. The molecular formula is C10H19N. The van der Waals surface area contributed by atoms with Gasteiger partial charge in [0.1, 0.15) is 0 Å². The predicted molar refractivity (Wildman–Crippen MR) is 47.6 cm³/mol. The van der Waals surface area contributed by atoms with Crippen molar-refractivity contribution in [3.8, 4) is 0 Å². The van der Waals surface area contributed by atoms with Crippen LogP contribution in [0.4, 0.5) is 0 Å². The standard InChI is InChI=1S/C10H19N/c1-9-4-7-10(8-11-9)5-2-3-6-10/h9,11H,2-8H2,1H3. The largest absolute Gasteiger partial charge is 0.314 e. The molecule has 1 spiro atoms. The first-order chi connectivity index (χ1) is 5.31. The maximum absolute atomic E-state index is 3.61. The minimum atomic E-state index is 0.743. The van der Waals surface area contributed by atoms with E-state index in [1.54, 1.807) is 0 Å². The SMILES string of the molecule is CC1CCC2(CCCC2)CN1. The first-order valence-corrected chi connectivity index (χ1v) is 5.04. The van der Waals surface area contributed by atoms with Crippen LogP contribution in [-0.2, 0) is 0 Å². The van der Waals surface area contributed by atoms with Gasteiger partial charge in [-0.2, -0.15) is 0 Å². The summed E-state index contributed by atoms with van der Waals surface area (Å²) >= 11 is 0. The van der Waals surface area contributed by atoms with Crippen molar-refractivity contribution in [3.05, 3.63) is 0 Å². The molecule has 1 aliphatic carbocycles. The second kappa shape index (κ2) is 2.78. The van der Waals surface area contributed by atoms with E-state index in [2.05, 4.69) is 12.2 Å². The Balaban J connectivity index is 1.94. The van der Waals surface area contributed by atoms with Crippen molar-refractivity contribution in [2.45, 2.75) is 51.5 Å². The fourth-order valence-corrected chi connectivity index (χ4v) is 2.66. The number of rotatable bonds is 0. The van der Waals surface area contributed by atoms with Crippen LogP contribution in [0.3, 0.4) is 0 Å². The number of hydrogen-bond donors (Lipinski definition) is 1. The molecule has 0 aromatic carbocycles. The third-order valence-corrected chi connectivity index (χ3v) is 3.60. The molecule has 1 heteroatoms. The van der Waals surface area contributed by atoms with Crippen molar-refractivity contribution >= 4 is 0 Å². The summed E-state index contributed by atoms with van der Waals surface area (Å²) < 4.78 is 0. The Labute approximate surface area is 69.6 Å². The number of hydrogen-bond acceptors (Lipinski definition) is 1. The van der Waals surface area contributed by atoms with Gasteiger partial charge in [0, 0.05) is 12.6 Å². The summed E-state index contributed by atoms with van der Waals surface area (Å²) in [6.45, 7) is 3.61. The van der Waals surface area contributed by atoms with Gasteiger partial charge in [-0.25, -0.2) is 0 Å². The molecule has 1 nitrogen and oxygen atoms in total. The number of piperidine rings is 1. The molecule has 0 bridgehead atoms. The van der Waals surface area contributed by atoms with Gasteiger partial charge in [0.05, 0.1) is 0 Å². The Morgan fingerprint density at radius 2 is 1.91 bits per heavy atom. The quantitative estimate of drug-likeness (QED) is 0.563. The van der Waals surface area contributed by atoms with E-state index in [0.717, 1.165) is 11.5 Å². The van der Waals surface area contributed by atoms with Gasteiger partial charge in [0.25, 0.3) is 0 Å². The van der Waals surface area contributed by atoms with Crippen LogP contribution in [0.1, 0.15) is 45.4 Å². The van der Waals surface area contributed by atoms with Crippen LogP contribution < -0.4 is 5.32 Å². The van der Waals surface area contributed by atoms with Gasteiger partial charge in [-0.3, -0.25) is 0 Å². The monoisotopic (exact) mass is 153 g/mol. The Morgan fingerprint density at radius 1 is 1.18 bits per heavy atom. The van der Waals surface area contributed by atoms with Crippen molar-refractivity contribution < 1.29 is 0 Å². The topological polar surface area (TPSA) is 12.0 Å². The normalized spacial score (nSPS) is 36.3. The lowest BCUT2D eigenvalue weighted by Gasteiger charge is -2.36. The Hall–Kier alpha value is -0.0400. The summed E-state index contributed by atoms with van der Waals surface area (Å²) in [5, 5.41) is 3.61. The molecule has 2 aliphatic rings. The molecule has 64 valence electrons. The Kier molecular flexibility index (Phi) is 1.92. The summed E-state index contributed by atoms with van der Waals surface area (Å²) in [6.07, 6.45) is 8.84. The molecule has 2 fully saturated rings. The van der Waals surface area contributed by atoms with Gasteiger partial charge in [0.15, 0.2) is 0 Å². The molecule has 1 heterocycles. The lowest BCUT2D eigenvalue weighted by molar-refractivity contribution is 0.189. The highest BCUT2D eigenvalue weighted by molar-refractivity contribution is 4.91. The van der Waals surface area contributed by atoms with Crippen LogP contribution >= 0.6 is 0 Å². The van der Waals surface area contributed by atoms with Crippen molar-refractivity contribution in [2.75, 3.05) is 6.54 Å². The van der Waals surface area contributed by atoms with E-state index in [1.165, 1.54) is 45.1 Å². The summed E-state index contributed by atoms with van der Waals surface area (Å²) in [4.78, 5) is 0. The van der Waals surface area contributed by atoms with Crippen molar-refractivity contribution in [3.63, 3.8) is 0 Å². The molecule has 0 amide bonds. The molecule has 0 aromatic rings. The minimum absolute atomic E-state index is 0.743. The van der Waals surface area contributed by atoms with Crippen molar-refractivity contribution in [1.29, 1.82) is 0 Å². The second-order valence-corrected chi connectivity index (χ2v) is 4.53. The molecule has 0 aromatic heterocycles. The molecule has 1 saturated carbocycles. The molecular weight excluding hydrogens is 134 g/mol. The minimum Gasteiger partial charge on any atom is -0.314 e.